The Morgan fingerprint density at radius 3 is 2.12 bits per heavy atom. The molecule has 8 heavy (non-hydrogen) atoms. The third-order valence-corrected chi connectivity index (χ3v) is 0.437. The SMILES string of the molecule is CC=C([O-])OC.[Zn+][Br]. The molecule has 0 bridgehead atoms. The van der Waals surface area contributed by atoms with Gasteiger partial charge < -0.3 is 9.84 Å². The maximum atomic E-state index is 9.90. The summed E-state index contributed by atoms with van der Waals surface area (Å²) in [6.45, 7) is 1.63. The summed E-state index contributed by atoms with van der Waals surface area (Å²) in [6.07, 6.45) is 1.36. The quantitative estimate of drug-likeness (QED) is 0.492. The summed E-state index contributed by atoms with van der Waals surface area (Å²) in [4.78, 5) is 0. The van der Waals surface area contributed by atoms with Crippen molar-refractivity contribution in [3.63, 3.8) is 0 Å². The van der Waals surface area contributed by atoms with Crippen LogP contribution < -0.4 is 5.11 Å². The molecule has 0 aliphatic rings. The van der Waals surface area contributed by atoms with E-state index in [4.69, 9.17) is 0 Å². The van der Waals surface area contributed by atoms with Gasteiger partial charge in [-0.05, 0) is 14.0 Å². The molecule has 0 atom stereocenters. The van der Waals surface area contributed by atoms with E-state index in [1.807, 2.05) is 0 Å². The van der Waals surface area contributed by atoms with E-state index >= 15 is 0 Å². The zero-order valence-corrected chi connectivity index (χ0v) is 9.53. The first-order valence-corrected chi connectivity index (χ1v) is 8.90. The van der Waals surface area contributed by atoms with Gasteiger partial charge in [0.1, 0.15) is 0 Å². The van der Waals surface area contributed by atoms with Crippen LogP contribution in [-0.2, 0) is 21.1 Å². The van der Waals surface area contributed by atoms with Gasteiger partial charge in [-0.2, -0.15) is 0 Å². The number of hydrogen-bond acceptors (Lipinski definition) is 2. The Morgan fingerprint density at radius 2 is 2.12 bits per heavy atom. The van der Waals surface area contributed by atoms with Crippen molar-refractivity contribution in [3.8, 4) is 0 Å². The van der Waals surface area contributed by atoms with Gasteiger partial charge in [-0.25, -0.2) is 0 Å². The van der Waals surface area contributed by atoms with Crippen LogP contribution in [0.15, 0.2) is 12.0 Å². The summed E-state index contributed by atoms with van der Waals surface area (Å²) in [7, 11) is 1.35. The van der Waals surface area contributed by atoms with Crippen LogP contribution in [0.4, 0.5) is 0 Å². The van der Waals surface area contributed by atoms with E-state index in [0.717, 1.165) is 0 Å². The van der Waals surface area contributed by atoms with Crippen molar-refractivity contribution in [1.29, 1.82) is 0 Å². The molecular formula is C4H7BrO2Zn. The van der Waals surface area contributed by atoms with Gasteiger partial charge in [0.25, 0.3) is 0 Å². The summed E-state index contributed by atoms with van der Waals surface area (Å²) in [6, 6.07) is 0. The predicted octanol–water partition coefficient (Wildman–Crippen LogP) is 0.698. The first kappa shape index (κ1) is 11.3. The monoisotopic (exact) mass is 230 g/mol. The zero-order valence-electron chi connectivity index (χ0n) is 4.98. The van der Waals surface area contributed by atoms with Crippen molar-refractivity contribution < 1.29 is 26.2 Å². The first-order valence-electron chi connectivity index (χ1n) is 1.95. The molecule has 0 spiro atoms. The Balaban J connectivity index is 0. The fraction of sp³-hybridized carbons (Fsp3) is 0.500. The first-order chi connectivity index (χ1) is 3.81. The molecule has 0 N–H and O–H groups in total. The average Bonchev–Trinajstić information content (AvgIpc) is 1.91. The molecule has 0 heterocycles. The fourth-order valence-corrected chi connectivity index (χ4v) is 0.118. The Bertz CT molecular complexity index is 65.1. The van der Waals surface area contributed by atoms with E-state index < -0.39 is 0 Å². The van der Waals surface area contributed by atoms with Crippen LogP contribution in [0.5, 0.6) is 0 Å². The molecule has 0 unspecified atom stereocenters. The van der Waals surface area contributed by atoms with Gasteiger partial charge in [-0.15, -0.1) is 0 Å². The number of ether oxygens (including phenoxy) is 1. The van der Waals surface area contributed by atoms with E-state index in [1.165, 1.54) is 29.5 Å². The molecule has 0 aromatic rings. The van der Waals surface area contributed by atoms with Crippen LogP contribution in [0, 0.1) is 0 Å². The van der Waals surface area contributed by atoms with Crippen LogP contribution in [0.1, 0.15) is 6.92 Å². The van der Waals surface area contributed by atoms with Crippen LogP contribution in [0.25, 0.3) is 0 Å². The summed E-state index contributed by atoms with van der Waals surface area (Å²) in [5.41, 5.74) is 0. The van der Waals surface area contributed by atoms with E-state index in [9.17, 15) is 5.11 Å². The molecule has 0 aliphatic carbocycles. The molecule has 2 nitrogen and oxygen atoms in total. The number of hydrogen-bond donors (Lipinski definition) is 0. The average molecular weight is 232 g/mol. The Kier molecular flexibility index (Phi) is 14.7. The number of allylic oxidation sites excluding steroid dienone is 1. The van der Waals surface area contributed by atoms with E-state index in [-0.39, 0.29) is 5.95 Å². The van der Waals surface area contributed by atoms with Crippen molar-refractivity contribution in [3.05, 3.63) is 12.0 Å². The van der Waals surface area contributed by atoms with Gasteiger partial charge in [0, 0.05) is 5.95 Å². The Morgan fingerprint density at radius 1 is 1.75 bits per heavy atom. The van der Waals surface area contributed by atoms with Crippen LogP contribution >= 0.6 is 13.6 Å². The van der Waals surface area contributed by atoms with Crippen molar-refractivity contribution in [1.82, 2.24) is 0 Å². The molecule has 0 amide bonds. The molecule has 0 fully saturated rings. The topological polar surface area (TPSA) is 32.3 Å². The molecule has 0 saturated carbocycles. The standard InChI is InChI=1S/C4H8O2.BrH.Zn/c1-3-4(5)6-2;;/h3,5H,1-2H3;1H;/q;;+2/p-2. The normalized spacial score (nSPS) is 9.38. The molecule has 44 valence electrons. The summed E-state index contributed by atoms with van der Waals surface area (Å²) in [5.74, 6) is -0.282. The summed E-state index contributed by atoms with van der Waals surface area (Å²) < 4.78 is 4.20. The third kappa shape index (κ3) is 9.67. The minimum absolute atomic E-state index is 0.282. The second-order valence-electron chi connectivity index (χ2n) is 0.812. The van der Waals surface area contributed by atoms with Gasteiger partial charge in [0.05, 0.1) is 0 Å². The Hall–Kier alpha value is 0.443. The van der Waals surface area contributed by atoms with Crippen molar-refractivity contribution >= 4 is 13.6 Å². The molecule has 0 rings (SSSR count). The van der Waals surface area contributed by atoms with Gasteiger partial charge in [0.2, 0.25) is 0 Å². The van der Waals surface area contributed by atoms with E-state index in [0.29, 0.717) is 0 Å². The van der Waals surface area contributed by atoms with Gasteiger partial charge >= 0.3 is 30.0 Å². The number of rotatable bonds is 1. The van der Waals surface area contributed by atoms with Crippen molar-refractivity contribution in [2.45, 2.75) is 6.92 Å². The molecule has 0 aliphatic heterocycles. The van der Waals surface area contributed by atoms with Crippen molar-refractivity contribution in [2.75, 3.05) is 7.11 Å². The van der Waals surface area contributed by atoms with E-state index in [2.05, 4.69) is 18.4 Å². The van der Waals surface area contributed by atoms with Gasteiger partial charge in [-0.3, -0.25) is 0 Å². The molecular weight excluding hydrogens is 225 g/mol. The fourth-order valence-electron chi connectivity index (χ4n) is 0.118. The third-order valence-electron chi connectivity index (χ3n) is 0.437. The van der Waals surface area contributed by atoms with Crippen molar-refractivity contribution in [2.24, 2.45) is 0 Å². The molecule has 0 saturated heterocycles. The number of halogens is 1. The van der Waals surface area contributed by atoms with E-state index in [1.54, 1.807) is 6.92 Å². The molecule has 4 heteroatoms. The summed E-state index contributed by atoms with van der Waals surface area (Å²) >= 11 is 4.25. The predicted molar refractivity (Wildman–Crippen MR) is 29.7 cm³/mol. The second kappa shape index (κ2) is 10.4. The molecule has 0 aromatic heterocycles. The van der Waals surface area contributed by atoms with Crippen LogP contribution in [0.3, 0.4) is 0 Å². The minimum atomic E-state index is -0.282. The van der Waals surface area contributed by atoms with Crippen LogP contribution in [0.2, 0.25) is 0 Å². The summed E-state index contributed by atoms with van der Waals surface area (Å²) in [5, 5.41) is 9.90. The zero-order chi connectivity index (χ0) is 6.99. The molecule has 0 radical (unpaired) electrons. The van der Waals surface area contributed by atoms with Gasteiger partial charge in [0.15, 0.2) is 0 Å². The van der Waals surface area contributed by atoms with Gasteiger partial charge in [-0.1, -0.05) is 6.08 Å². The second-order valence-corrected chi connectivity index (χ2v) is 0.812. The molecule has 0 aromatic carbocycles. The Labute approximate surface area is 66.0 Å². The van der Waals surface area contributed by atoms with Crippen LogP contribution in [-0.4, -0.2) is 7.11 Å². The maximum absolute atomic E-state index is 9.90. The number of methoxy groups -OCH3 is 1.